The predicted octanol–water partition coefficient (Wildman–Crippen LogP) is 0.797. The number of hydrogen-bond acceptors (Lipinski definition) is 4. The van der Waals surface area contributed by atoms with Crippen LogP contribution in [0, 0.1) is 6.92 Å². The number of amides is 1. The zero-order valence-electron chi connectivity index (χ0n) is 13.7. The van der Waals surface area contributed by atoms with Gasteiger partial charge in [-0.05, 0) is 18.9 Å². The van der Waals surface area contributed by atoms with E-state index < -0.39 is 0 Å². The molecule has 3 aromatic rings. The Morgan fingerprint density at radius 3 is 2.62 bits per heavy atom. The molecule has 0 bridgehead atoms. The lowest BCUT2D eigenvalue weighted by atomic mass is 10.1. The van der Waals surface area contributed by atoms with Gasteiger partial charge in [-0.15, -0.1) is 0 Å². The molecule has 0 fully saturated rings. The molecule has 3 rings (SSSR count). The SMILES string of the molecule is Cc1ccc(CCNC(=O)Cn2cnc3ncn(C)c(=O)c32)cc1. The normalized spacial score (nSPS) is 10.9. The van der Waals surface area contributed by atoms with E-state index in [1.807, 2.05) is 6.92 Å². The lowest BCUT2D eigenvalue weighted by molar-refractivity contribution is -0.121. The molecule has 2 heterocycles. The summed E-state index contributed by atoms with van der Waals surface area (Å²) in [5, 5.41) is 2.87. The van der Waals surface area contributed by atoms with Crippen LogP contribution in [0.4, 0.5) is 0 Å². The van der Waals surface area contributed by atoms with Gasteiger partial charge in [0.2, 0.25) is 5.91 Å². The maximum absolute atomic E-state index is 12.1. The molecular formula is C17H19N5O2. The number of aromatic nitrogens is 4. The highest BCUT2D eigenvalue weighted by Gasteiger charge is 2.12. The molecule has 0 saturated heterocycles. The maximum Gasteiger partial charge on any atom is 0.279 e. The number of nitrogens with zero attached hydrogens (tertiary/aromatic N) is 4. The van der Waals surface area contributed by atoms with Gasteiger partial charge >= 0.3 is 0 Å². The summed E-state index contributed by atoms with van der Waals surface area (Å²) in [5.41, 5.74) is 2.86. The molecule has 0 radical (unpaired) electrons. The van der Waals surface area contributed by atoms with E-state index in [0.717, 1.165) is 6.42 Å². The van der Waals surface area contributed by atoms with Gasteiger partial charge in [-0.2, -0.15) is 0 Å². The first-order valence-electron chi connectivity index (χ1n) is 7.73. The molecule has 7 nitrogen and oxygen atoms in total. The highest BCUT2D eigenvalue weighted by molar-refractivity contribution is 5.78. The average molecular weight is 325 g/mol. The minimum atomic E-state index is -0.218. The Kier molecular flexibility index (Phi) is 4.41. The molecule has 0 atom stereocenters. The van der Waals surface area contributed by atoms with Crippen LogP contribution in [-0.4, -0.2) is 31.6 Å². The number of benzene rings is 1. The Hall–Kier alpha value is -2.96. The number of aryl methyl sites for hydroxylation is 2. The third-order valence-electron chi connectivity index (χ3n) is 3.86. The van der Waals surface area contributed by atoms with E-state index in [1.165, 1.54) is 32.9 Å². The van der Waals surface area contributed by atoms with Gasteiger partial charge < -0.3 is 14.5 Å². The molecule has 0 aliphatic rings. The summed E-state index contributed by atoms with van der Waals surface area (Å²) in [6.45, 7) is 2.64. The van der Waals surface area contributed by atoms with E-state index in [4.69, 9.17) is 0 Å². The Labute approximate surface area is 139 Å². The fourth-order valence-electron chi connectivity index (χ4n) is 2.48. The summed E-state index contributed by atoms with van der Waals surface area (Å²) in [5.74, 6) is -0.160. The Balaban J connectivity index is 1.62. The lowest BCUT2D eigenvalue weighted by Gasteiger charge is -2.07. The molecule has 124 valence electrons. The summed E-state index contributed by atoms with van der Waals surface area (Å²) < 4.78 is 2.90. The van der Waals surface area contributed by atoms with Crippen LogP contribution in [0.5, 0.6) is 0 Å². The summed E-state index contributed by atoms with van der Waals surface area (Å²) >= 11 is 0. The molecule has 24 heavy (non-hydrogen) atoms. The second-order valence-corrected chi connectivity index (χ2v) is 5.79. The number of rotatable bonds is 5. The van der Waals surface area contributed by atoms with E-state index in [1.54, 1.807) is 7.05 Å². The smallest absolute Gasteiger partial charge is 0.279 e. The van der Waals surface area contributed by atoms with Crippen LogP contribution >= 0.6 is 0 Å². The number of imidazole rings is 1. The lowest BCUT2D eigenvalue weighted by Crippen LogP contribution is -2.30. The zero-order valence-corrected chi connectivity index (χ0v) is 13.7. The number of nitrogens with one attached hydrogen (secondary N) is 1. The van der Waals surface area contributed by atoms with Crippen LogP contribution in [0.2, 0.25) is 0 Å². The van der Waals surface area contributed by atoms with Crippen molar-refractivity contribution in [2.45, 2.75) is 19.9 Å². The van der Waals surface area contributed by atoms with Crippen molar-refractivity contribution in [3.05, 3.63) is 58.4 Å². The molecule has 2 aromatic heterocycles. The largest absolute Gasteiger partial charge is 0.354 e. The molecule has 1 aromatic carbocycles. The third kappa shape index (κ3) is 3.34. The number of carbonyl (C=O) groups is 1. The molecule has 0 unspecified atom stereocenters. The molecule has 0 spiro atoms. The van der Waals surface area contributed by atoms with Crippen molar-refractivity contribution in [3.8, 4) is 0 Å². The Morgan fingerprint density at radius 1 is 1.17 bits per heavy atom. The first-order chi connectivity index (χ1) is 11.5. The highest BCUT2D eigenvalue weighted by Crippen LogP contribution is 2.05. The first-order valence-corrected chi connectivity index (χ1v) is 7.73. The van der Waals surface area contributed by atoms with E-state index in [9.17, 15) is 9.59 Å². The molecule has 0 aliphatic heterocycles. The second kappa shape index (κ2) is 6.66. The van der Waals surface area contributed by atoms with Crippen molar-refractivity contribution in [1.29, 1.82) is 0 Å². The average Bonchev–Trinajstić information content (AvgIpc) is 2.96. The van der Waals surface area contributed by atoms with Crippen LogP contribution in [0.3, 0.4) is 0 Å². The van der Waals surface area contributed by atoms with Crippen molar-refractivity contribution in [3.63, 3.8) is 0 Å². The molecular weight excluding hydrogens is 306 g/mol. The van der Waals surface area contributed by atoms with Crippen molar-refractivity contribution >= 4 is 17.1 Å². The number of hydrogen-bond donors (Lipinski definition) is 1. The monoisotopic (exact) mass is 325 g/mol. The molecule has 0 aliphatic carbocycles. The molecule has 1 amide bonds. The minimum Gasteiger partial charge on any atom is -0.354 e. The van der Waals surface area contributed by atoms with Crippen molar-refractivity contribution in [2.75, 3.05) is 6.54 Å². The van der Waals surface area contributed by atoms with Gasteiger partial charge in [0.1, 0.15) is 6.54 Å². The quantitative estimate of drug-likeness (QED) is 0.752. The van der Waals surface area contributed by atoms with Crippen molar-refractivity contribution in [2.24, 2.45) is 7.05 Å². The number of carbonyl (C=O) groups excluding carboxylic acids is 1. The maximum atomic E-state index is 12.1. The Morgan fingerprint density at radius 2 is 1.88 bits per heavy atom. The standard InChI is InChI=1S/C17H19N5O2/c1-12-3-5-13(6-4-12)7-8-18-14(23)9-22-11-20-16-15(22)17(24)21(2)10-19-16/h3-6,10-11H,7-9H2,1-2H3,(H,18,23). The summed E-state index contributed by atoms with van der Waals surface area (Å²) in [7, 11) is 1.62. The molecule has 7 heteroatoms. The first kappa shape index (κ1) is 15.9. The Bertz CT molecular complexity index is 924. The van der Waals surface area contributed by atoms with Gasteiger partial charge in [-0.3, -0.25) is 9.59 Å². The van der Waals surface area contributed by atoms with Crippen LogP contribution in [0.25, 0.3) is 11.2 Å². The van der Waals surface area contributed by atoms with Crippen LogP contribution < -0.4 is 10.9 Å². The number of fused-ring (bicyclic) bond motifs is 1. The third-order valence-corrected chi connectivity index (χ3v) is 3.86. The van der Waals surface area contributed by atoms with Crippen LogP contribution in [-0.2, 0) is 24.8 Å². The van der Waals surface area contributed by atoms with Gasteiger partial charge in [-0.25, -0.2) is 9.97 Å². The fraction of sp³-hybridized carbons (Fsp3) is 0.294. The summed E-state index contributed by atoms with van der Waals surface area (Å²) in [6.07, 6.45) is 3.66. The van der Waals surface area contributed by atoms with Gasteiger partial charge in [0.05, 0.1) is 12.7 Å². The van der Waals surface area contributed by atoms with Crippen LogP contribution in [0.1, 0.15) is 11.1 Å². The summed E-state index contributed by atoms with van der Waals surface area (Å²) in [4.78, 5) is 32.4. The molecule has 0 saturated carbocycles. The summed E-state index contributed by atoms with van der Waals surface area (Å²) in [6, 6.07) is 8.22. The van der Waals surface area contributed by atoms with Gasteiger partial charge in [0.25, 0.3) is 5.56 Å². The van der Waals surface area contributed by atoms with E-state index in [0.29, 0.717) is 17.7 Å². The van der Waals surface area contributed by atoms with E-state index in [2.05, 4.69) is 39.6 Å². The van der Waals surface area contributed by atoms with E-state index in [-0.39, 0.29) is 18.0 Å². The van der Waals surface area contributed by atoms with Crippen LogP contribution in [0.15, 0.2) is 41.7 Å². The minimum absolute atomic E-state index is 0.0470. The predicted molar refractivity (Wildman–Crippen MR) is 90.7 cm³/mol. The zero-order chi connectivity index (χ0) is 17.1. The molecule has 1 N–H and O–H groups in total. The fourth-order valence-corrected chi connectivity index (χ4v) is 2.48. The van der Waals surface area contributed by atoms with Gasteiger partial charge in [-0.1, -0.05) is 29.8 Å². The van der Waals surface area contributed by atoms with Gasteiger partial charge in [0.15, 0.2) is 11.2 Å². The van der Waals surface area contributed by atoms with Gasteiger partial charge in [0, 0.05) is 13.6 Å². The van der Waals surface area contributed by atoms with Crippen molar-refractivity contribution < 1.29 is 4.79 Å². The van der Waals surface area contributed by atoms with E-state index >= 15 is 0 Å². The topological polar surface area (TPSA) is 81.8 Å². The van der Waals surface area contributed by atoms with Crippen molar-refractivity contribution in [1.82, 2.24) is 24.4 Å². The second-order valence-electron chi connectivity index (χ2n) is 5.79. The highest BCUT2D eigenvalue weighted by atomic mass is 16.2.